The molecule has 2 aromatic rings. The molecule has 0 bridgehead atoms. The van der Waals surface area contributed by atoms with E-state index in [4.69, 9.17) is 16.3 Å². The summed E-state index contributed by atoms with van der Waals surface area (Å²) in [5.74, 6) is 0.354. The highest BCUT2D eigenvalue weighted by Gasteiger charge is 2.06. The normalized spacial score (nSPS) is 10.4. The van der Waals surface area contributed by atoms with Crippen LogP contribution in [0, 0.1) is 12.7 Å². The van der Waals surface area contributed by atoms with Crippen LogP contribution in [0.2, 0.25) is 5.02 Å². The second-order valence-electron chi connectivity index (χ2n) is 4.40. The Morgan fingerprint density at radius 3 is 2.70 bits per heavy atom. The van der Waals surface area contributed by atoms with Gasteiger partial charge in [0.25, 0.3) is 0 Å². The molecule has 0 aliphatic carbocycles. The fourth-order valence-electron chi connectivity index (χ4n) is 1.85. The largest absolute Gasteiger partial charge is 0.495 e. The molecule has 20 heavy (non-hydrogen) atoms. The van der Waals surface area contributed by atoms with Gasteiger partial charge in [-0.25, -0.2) is 4.39 Å². The van der Waals surface area contributed by atoms with Crippen molar-refractivity contribution in [2.24, 2.45) is 0 Å². The first-order valence-corrected chi connectivity index (χ1v) is 7.20. The Bertz CT molecular complexity index is 634. The van der Waals surface area contributed by atoms with Gasteiger partial charge in [0.1, 0.15) is 11.6 Å². The highest BCUT2D eigenvalue weighted by molar-refractivity contribution is 9.10. The van der Waals surface area contributed by atoms with Crippen LogP contribution in [-0.2, 0) is 6.54 Å². The van der Waals surface area contributed by atoms with Gasteiger partial charge >= 0.3 is 0 Å². The van der Waals surface area contributed by atoms with Crippen molar-refractivity contribution in [1.29, 1.82) is 0 Å². The summed E-state index contributed by atoms with van der Waals surface area (Å²) in [5.41, 5.74) is 2.73. The number of halogens is 3. The maximum atomic E-state index is 13.5. The number of ether oxygens (including phenoxy) is 1. The van der Waals surface area contributed by atoms with E-state index in [1.807, 2.05) is 25.1 Å². The molecule has 0 saturated carbocycles. The minimum Gasteiger partial charge on any atom is -0.495 e. The van der Waals surface area contributed by atoms with Gasteiger partial charge in [0.2, 0.25) is 0 Å². The Kier molecular flexibility index (Phi) is 4.89. The lowest BCUT2D eigenvalue weighted by Gasteiger charge is -2.11. The van der Waals surface area contributed by atoms with Gasteiger partial charge in [-0.15, -0.1) is 0 Å². The molecule has 0 heterocycles. The molecule has 0 spiro atoms. The number of nitrogens with one attached hydrogen (secondary N) is 1. The highest BCUT2D eigenvalue weighted by Crippen LogP contribution is 2.27. The van der Waals surface area contributed by atoms with Gasteiger partial charge in [0, 0.05) is 12.2 Å². The van der Waals surface area contributed by atoms with Crippen molar-refractivity contribution in [1.82, 2.24) is 0 Å². The van der Waals surface area contributed by atoms with Crippen LogP contribution >= 0.6 is 27.5 Å². The summed E-state index contributed by atoms with van der Waals surface area (Å²) >= 11 is 9.24. The molecule has 0 amide bonds. The number of rotatable bonds is 4. The zero-order valence-corrected chi connectivity index (χ0v) is 13.5. The van der Waals surface area contributed by atoms with Gasteiger partial charge in [0.05, 0.1) is 16.6 Å². The Labute approximate surface area is 131 Å². The molecule has 2 rings (SSSR count). The van der Waals surface area contributed by atoms with Crippen molar-refractivity contribution >= 4 is 33.2 Å². The Morgan fingerprint density at radius 1 is 1.30 bits per heavy atom. The Hall–Kier alpha value is -1.26. The van der Waals surface area contributed by atoms with Crippen LogP contribution in [0.25, 0.3) is 0 Å². The van der Waals surface area contributed by atoms with Crippen LogP contribution in [0.3, 0.4) is 0 Å². The Morgan fingerprint density at radius 2 is 2.05 bits per heavy atom. The zero-order valence-electron chi connectivity index (χ0n) is 11.1. The second kappa shape index (κ2) is 6.46. The number of hydrogen-bond acceptors (Lipinski definition) is 2. The van der Waals surface area contributed by atoms with Crippen molar-refractivity contribution in [3.05, 3.63) is 56.8 Å². The quantitative estimate of drug-likeness (QED) is 0.814. The third-order valence-corrected chi connectivity index (χ3v) is 3.87. The van der Waals surface area contributed by atoms with Crippen LogP contribution in [0.15, 0.2) is 34.8 Å². The lowest BCUT2D eigenvalue weighted by Crippen LogP contribution is -2.02. The van der Waals surface area contributed by atoms with Crippen molar-refractivity contribution in [2.45, 2.75) is 13.5 Å². The lowest BCUT2D eigenvalue weighted by atomic mass is 10.1. The molecule has 106 valence electrons. The topological polar surface area (TPSA) is 21.3 Å². The summed E-state index contributed by atoms with van der Waals surface area (Å²) in [4.78, 5) is 0. The predicted molar refractivity (Wildman–Crippen MR) is 84.2 cm³/mol. The molecular weight excluding hydrogens is 345 g/mol. The fraction of sp³-hybridized carbons (Fsp3) is 0.200. The van der Waals surface area contributed by atoms with Crippen molar-refractivity contribution in [2.75, 3.05) is 12.4 Å². The highest BCUT2D eigenvalue weighted by atomic mass is 79.9. The molecular formula is C15H14BrClFNO. The van der Waals surface area contributed by atoms with Gasteiger partial charge in [-0.3, -0.25) is 0 Å². The summed E-state index contributed by atoms with van der Waals surface area (Å²) in [6.07, 6.45) is 0. The second-order valence-corrected chi connectivity index (χ2v) is 5.67. The molecule has 0 aromatic heterocycles. The van der Waals surface area contributed by atoms with E-state index in [1.54, 1.807) is 13.2 Å². The number of benzene rings is 2. The van der Waals surface area contributed by atoms with Crippen molar-refractivity contribution in [3.8, 4) is 5.75 Å². The van der Waals surface area contributed by atoms with Gasteiger partial charge in [-0.1, -0.05) is 17.7 Å². The summed E-state index contributed by atoms with van der Waals surface area (Å²) in [5, 5.41) is 3.76. The average molecular weight is 359 g/mol. The molecule has 0 saturated heterocycles. The molecule has 0 radical (unpaired) electrons. The molecule has 0 fully saturated rings. The third kappa shape index (κ3) is 3.44. The molecule has 2 aromatic carbocycles. The van der Waals surface area contributed by atoms with Gasteiger partial charge < -0.3 is 10.1 Å². The van der Waals surface area contributed by atoms with Crippen LogP contribution in [0.4, 0.5) is 10.1 Å². The average Bonchev–Trinajstić information content (AvgIpc) is 2.41. The summed E-state index contributed by atoms with van der Waals surface area (Å²) in [6.45, 7) is 2.49. The molecule has 0 aliphatic rings. The fourth-order valence-corrected chi connectivity index (χ4v) is 2.59. The first-order chi connectivity index (χ1) is 9.51. The first-order valence-electron chi connectivity index (χ1n) is 6.03. The third-order valence-electron chi connectivity index (χ3n) is 2.97. The van der Waals surface area contributed by atoms with E-state index in [0.29, 0.717) is 21.8 Å². The summed E-state index contributed by atoms with van der Waals surface area (Å²) < 4.78 is 19.1. The molecule has 2 nitrogen and oxygen atoms in total. The molecule has 5 heteroatoms. The Balaban J connectivity index is 2.13. The molecule has 1 N–H and O–H groups in total. The van der Waals surface area contributed by atoms with Crippen molar-refractivity contribution in [3.63, 3.8) is 0 Å². The van der Waals surface area contributed by atoms with E-state index < -0.39 is 0 Å². The van der Waals surface area contributed by atoms with E-state index in [1.165, 1.54) is 6.07 Å². The van der Waals surface area contributed by atoms with E-state index in [2.05, 4.69) is 21.2 Å². The molecule has 0 aliphatic heterocycles. The summed E-state index contributed by atoms with van der Waals surface area (Å²) in [7, 11) is 1.58. The maximum absolute atomic E-state index is 13.5. The van der Waals surface area contributed by atoms with Crippen LogP contribution in [-0.4, -0.2) is 7.11 Å². The SMILES string of the molecule is COc1ccc(CNc2cc(F)c(Br)cc2C)cc1Cl. The number of methoxy groups -OCH3 is 1. The molecule has 0 unspecified atom stereocenters. The standard InChI is InChI=1S/C15H14BrClFNO/c1-9-5-11(16)13(18)7-14(9)19-8-10-3-4-15(20-2)12(17)6-10/h3-7,19H,8H2,1-2H3. The van der Waals surface area contributed by atoms with Crippen LogP contribution < -0.4 is 10.1 Å². The minimum absolute atomic E-state index is 0.286. The number of aryl methyl sites for hydroxylation is 1. The number of hydrogen-bond donors (Lipinski definition) is 1. The van der Waals surface area contributed by atoms with E-state index in [-0.39, 0.29) is 5.82 Å². The first kappa shape index (κ1) is 15.1. The van der Waals surface area contributed by atoms with Crippen LogP contribution in [0.1, 0.15) is 11.1 Å². The molecule has 0 atom stereocenters. The lowest BCUT2D eigenvalue weighted by molar-refractivity contribution is 0.415. The van der Waals surface area contributed by atoms with Gasteiger partial charge in [-0.2, -0.15) is 0 Å². The van der Waals surface area contributed by atoms with E-state index in [9.17, 15) is 4.39 Å². The monoisotopic (exact) mass is 357 g/mol. The summed E-state index contributed by atoms with van der Waals surface area (Å²) in [6, 6.07) is 8.79. The number of anilines is 1. The maximum Gasteiger partial charge on any atom is 0.139 e. The van der Waals surface area contributed by atoms with Crippen LogP contribution in [0.5, 0.6) is 5.75 Å². The van der Waals surface area contributed by atoms with Gasteiger partial charge in [-0.05, 0) is 58.2 Å². The minimum atomic E-state index is -0.286. The van der Waals surface area contributed by atoms with Crippen molar-refractivity contribution < 1.29 is 9.13 Å². The predicted octanol–water partition coefficient (Wildman–Crippen LogP) is 5.17. The van der Waals surface area contributed by atoms with E-state index >= 15 is 0 Å². The zero-order chi connectivity index (χ0) is 14.7. The van der Waals surface area contributed by atoms with Gasteiger partial charge in [0.15, 0.2) is 0 Å². The van der Waals surface area contributed by atoms with E-state index in [0.717, 1.165) is 16.8 Å². The smallest absolute Gasteiger partial charge is 0.139 e.